The molecular formula is C30H27N3O3. The van der Waals surface area contributed by atoms with Crippen LogP contribution in [0.5, 0.6) is 5.75 Å². The maximum absolute atomic E-state index is 13.4. The third kappa shape index (κ3) is 4.66. The molecule has 1 aliphatic rings. The number of rotatable bonds is 7. The van der Waals surface area contributed by atoms with Crippen LogP contribution in [0, 0.1) is 6.92 Å². The van der Waals surface area contributed by atoms with Gasteiger partial charge < -0.3 is 15.4 Å². The first-order valence-electron chi connectivity index (χ1n) is 11.9. The summed E-state index contributed by atoms with van der Waals surface area (Å²) in [4.78, 5) is 28.0. The van der Waals surface area contributed by atoms with Gasteiger partial charge in [-0.05, 0) is 74.5 Å². The molecule has 0 spiro atoms. The van der Waals surface area contributed by atoms with E-state index in [-0.39, 0.29) is 11.8 Å². The van der Waals surface area contributed by atoms with Crippen molar-refractivity contribution in [2.75, 3.05) is 22.1 Å². The van der Waals surface area contributed by atoms with Crippen molar-refractivity contribution in [1.29, 1.82) is 0 Å². The summed E-state index contributed by atoms with van der Waals surface area (Å²) in [5.74, 6) is 0.469. The Morgan fingerprint density at radius 1 is 0.889 bits per heavy atom. The molecule has 0 saturated carbocycles. The van der Waals surface area contributed by atoms with Crippen molar-refractivity contribution in [3.05, 3.63) is 119 Å². The average Bonchev–Trinajstić information content (AvgIpc) is 3.17. The molecule has 0 fully saturated rings. The van der Waals surface area contributed by atoms with Crippen molar-refractivity contribution in [2.45, 2.75) is 20.0 Å². The second-order valence-corrected chi connectivity index (χ2v) is 8.64. The Morgan fingerprint density at radius 2 is 1.64 bits per heavy atom. The minimum absolute atomic E-state index is 0.0828. The molecule has 0 aliphatic carbocycles. The molecule has 0 bridgehead atoms. The van der Waals surface area contributed by atoms with E-state index >= 15 is 0 Å². The first kappa shape index (κ1) is 23.2. The molecule has 1 heterocycles. The van der Waals surface area contributed by atoms with Gasteiger partial charge in [0.1, 0.15) is 11.9 Å². The van der Waals surface area contributed by atoms with E-state index in [1.807, 2.05) is 98.8 Å². The largest absolute Gasteiger partial charge is 0.494 e. The third-order valence-electron chi connectivity index (χ3n) is 6.13. The van der Waals surface area contributed by atoms with Gasteiger partial charge in [0.05, 0.1) is 6.61 Å². The highest BCUT2D eigenvalue weighted by molar-refractivity contribution is 6.11. The van der Waals surface area contributed by atoms with Crippen molar-refractivity contribution in [3.8, 4) is 5.75 Å². The van der Waals surface area contributed by atoms with Crippen LogP contribution in [0.25, 0.3) is 0 Å². The van der Waals surface area contributed by atoms with Crippen LogP contribution in [-0.4, -0.2) is 18.4 Å². The fourth-order valence-corrected chi connectivity index (χ4v) is 4.34. The van der Waals surface area contributed by atoms with Crippen molar-refractivity contribution >= 4 is 28.9 Å². The van der Waals surface area contributed by atoms with Crippen LogP contribution >= 0.6 is 0 Å². The monoisotopic (exact) mass is 477 g/mol. The summed E-state index contributed by atoms with van der Waals surface area (Å²) in [6.45, 7) is 4.51. The van der Waals surface area contributed by atoms with Gasteiger partial charge in [-0.1, -0.05) is 42.0 Å². The molecule has 5 rings (SSSR count). The number of nitrogens with one attached hydrogen (secondary N) is 2. The molecule has 1 unspecified atom stereocenters. The number of hydrogen-bond donors (Lipinski definition) is 2. The Hall–Kier alpha value is -4.58. The lowest BCUT2D eigenvalue weighted by Gasteiger charge is -2.27. The summed E-state index contributed by atoms with van der Waals surface area (Å²) >= 11 is 0. The van der Waals surface area contributed by atoms with Crippen molar-refractivity contribution < 1.29 is 14.3 Å². The van der Waals surface area contributed by atoms with E-state index in [9.17, 15) is 9.59 Å². The number of carbonyl (C=O) groups excluding carboxylic acids is 2. The highest BCUT2D eigenvalue weighted by Gasteiger charge is 2.37. The molecule has 6 nitrogen and oxygen atoms in total. The summed E-state index contributed by atoms with van der Waals surface area (Å²) in [5, 5.41) is 6.41. The first-order chi connectivity index (χ1) is 17.5. The van der Waals surface area contributed by atoms with Crippen molar-refractivity contribution in [3.63, 3.8) is 0 Å². The molecule has 4 aromatic rings. The molecule has 6 heteroatoms. The van der Waals surface area contributed by atoms with Crippen LogP contribution in [0.4, 0.5) is 17.1 Å². The molecule has 2 amide bonds. The van der Waals surface area contributed by atoms with Gasteiger partial charge in [-0.3, -0.25) is 14.5 Å². The van der Waals surface area contributed by atoms with Crippen LogP contribution in [0.15, 0.2) is 97.1 Å². The zero-order valence-electron chi connectivity index (χ0n) is 20.2. The number of fused-ring (bicyclic) bond motifs is 1. The summed E-state index contributed by atoms with van der Waals surface area (Å²) in [5.41, 5.74) is 5.40. The molecule has 180 valence electrons. The number of amides is 2. The molecule has 0 saturated heterocycles. The summed E-state index contributed by atoms with van der Waals surface area (Å²) < 4.78 is 5.56. The molecule has 1 aliphatic heterocycles. The van der Waals surface area contributed by atoms with Gasteiger partial charge in [-0.2, -0.15) is 0 Å². The highest BCUT2D eigenvalue weighted by Crippen LogP contribution is 2.38. The van der Waals surface area contributed by atoms with Crippen LogP contribution in [0.1, 0.15) is 44.9 Å². The Balaban J connectivity index is 1.42. The van der Waals surface area contributed by atoms with Crippen LogP contribution in [0.3, 0.4) is 0 Å². The van der Waals surface area contributed by atoms with Crippen molar-refractivity contribution in [1.82, 2.24) is 0 Å². The predicted octanol–water partition coefficient (Wildman–Crippen LogP) is 6.42. The number of ether oxygens (including phenoxy) is 1. The Bertz CT molecular complexity index is 1400. The molecule has 36 heavy (non-hydrogen) atoms. The van der Waals surface area contributed by atoms with E-state index < -0.39 is 6.17 Å². The number of carbonyl (C=O) groups is 2. The Labute approximate surface area is 210 Å². The van der Waals surface area contributed by atoms with Crippen LogP contribution < -0.4 is 20.3 Å². The van der Waals surface area contributed by atoms with Gasteiger partial charge in [0, 0.05) is 33.8 Å². The van der Waals surface area contributed by atoms with Gasteiger partial charge in [0.15, 0.2) is 0 Å². The Morgan fingerprint density at radius 3 is 2.39 bits per heavy atom. The lowest BCUT2D eigenvalue weighted by Crippen LogP contribution is -2.32. The third-order valence-corrected chi connectivity index (χ3v) is 6.13. The van der Waals surface area contributed by atoms with E-state index in [1.54, 1.807) is 17.0 Å². The second-order valence-electron chi connectivity index (χ2n) is 8.64. The lowest BCUT2D eigenvalue weighted by molar-refractivity contribution is 0.0990. The molecule has 2 N–H and O–H groups in total. The van der Waals surface area contributed by atoms with Gasteiger partial charge in [0.25, 0.3) is 11.8 Å². The molecule has 0 aromatic heterocycles. The maximum Gasteiger partial charge on any atom is 0.260 e. The Kier molecular flexibility index (Phi) is 6.41. The number of benzene rings is 4. The average molecular weight is 478 g/mol. The minimum atomic E-state index is -0.429. The van der Waals surface area contributed by atoms with E-state index in [0.717, 1.165) is 33.9 Å². The van der Waals surface area contributed by atoms with E-state index in [2.05, 4.69) is 10.6 Å². The van der Waals surface area contributed by atoms with Gasteiger partial charge in [-0.15, -0.1) is 0 Å². The lowest BCUT2D eigenvalue weighted by atomic mass is 10.1. The topological polar surface area (TPSA) is 70.7 Å². The minimum Gasteiger partial charge on any atom is -0.494 e. The number of nitrogens with zero attached hydrogens (tertiary/aromatic N) is 1. The van der Waals surface area contributed by atoms with E-state index in [1.165, 1.54) is 0 Å². The van der Waals surface area contributed by atoms with E-state index in [4.69, 9.17) is 4.74 Å². The van der Waals surface area contributed by atoms with Gasteiger partial charge in [0.2, 0.25) is 0 Å². The van der Waals surface area contributed by atoms with Crippen LogP contribution in [-0.2, 0) is 0 Å². The quantitative estimate of drug-likeness (QED) is 0.322. The smallest absolute Gasteiger partial charge is 0.260 e. The SMILES string of the molecule is CCOc1ccc(N2C(=O)c3ccccc3C2Nc2cccc(C(=O)Nc3ccc(C)cc3)c2)cc1. The van der Waals surface area contributed by atoms with E-state index in [0.29, 0.717) is 17.7 Å². The molecule has 4 aromatic carbocycles. The zero-order chi connectivity index (χ0) is 25.1. The summed E-state index contributed by atoms with van der Waals surface area (Å²) in [6, 6.07) is 30.0. The predicted molar refractivity (Wildman–Crippen MR) is 143 cm³/mol. The fraction of sp³-hybridized carbons (Fsp3) is 0.133. The second kappa shape index (κ2) is 9.96. The molecule has 1 atom stereocenters. The standard InChI is InChI=1S/C30H27N3O3/c1-3-36-25-17-15-24(16-18-25)33-28(26-9-4-5-10-27(26)30(33)35)31-23-8-6-7-21(19-23)29(34)32-22-13-11-20(2)12-14-22/h4-19,28,31H,3H2,1-2H3,(H,32,34). The molecular weight excluding hydrogens is 450 g/mol. The van der Waals surface area contributed by atoms with Crippen molar-refractivity contribution in [2.24, 2.45) is 0 Å². The highest BCUT2D eigenvalue weighted by atomic mass is 16.5. The first-order valence-corrected chi connectivity index (χ1v) is 11.9. The number of hydrogen-bond acceptors (Lipinski definition) is 4. The van der Waals surface area contributed by atoms with Crippen LogP contribution in [0.2, 0.25) is 0 Å². The maximum atomic E-state index is 13.4. The van der Waals surface area contributed by atoms with Gasteiger partial charge >= 0.3 is 0 Å². The fourth-order valence-electron chi connectivity index (χ4n) is 4.34. The molecule has 0 radical (unpaired) electrons. The summed E-state index contributed by atoms with van der Waals surface area (Å²) in [7, 11) is 0. The van der Waals surface area contributed by atoms with Gasteiger partial charge in [-0.25, -0.2) is 0 Å². The summed E-state index contributed by atoms with van der Waals surface area (Å²) in [6.07, 6.45) is -0.429. The zero-order valence-corrected chi connectivity index (χ0v) is 20.2. The number of anilines is 3. The normalized spacial score (nSPS) is 14.3. The number of aryl methyl sites for hydroxylation is 1.